The molecule has 6 heteroatoms. The molecule has 2 heterocycles. The molecule has 0 N–H and O–H groups in total. The Kier molecular flexibility index (Phi) is 2.93. The molecular formula is C12H11N3O3. The molecule has 0 unspecified atom stereocenters. The van der Waals surface area contributed by atoms with Crippen molar-refractivity contribution in [2.24, 2.45) is 0 Å². The second kappa shape index (κ2) is 4.40. The molecule has 1 aliphatic heterocycles. The minimum Gasteiger partial charge on any atom is -0.268 e. The van der Waals surface area contributed by atoms with E-state index in [9.17, 15) is 14.4 Å². The number of likely N-dealkylation sites (N-methyl/N-ethyl adjacent to an activating group) is 2. The van der Waals surface area contributed by atoms with Crippen LogP contribution in [-0.2, 0) is 9.59 Å². The lowest BCUT2D eigenvalue weighted by Crippen LogP contribution is -2.52. The van der Waals surface area contributed by atoms with Crippen LogP contribution in [-0.4, -0.2) is 46.7 Å². The van der Waals surface area contributed by atoms with Crippen molar-refractivity contribution in [2.45, 2.75) is 0 Å². The van der Waals surface area contributed by atoms with Crippen molar-refractivity contribution in [1.29, 1.82) is 0 Å². The van der Waals surface area contributed by atoms with E-state index >= 15 is 0 Å². The molecule has 0 radical (unpaired) electrons. The maximum Gasteiger partial charge on any atom is 0.333 e. The standard InChI is InChI=1S/C12H11N3O3/c1-14-10(16)9(11(17)15(2)12(14)18)7-8-3-5-13-6-4-8/h3-7H,1-2H3. The van der Waals surface area contributed by atoms with Crippen LogP contribution in [0, 0.1) is 0 Å². The van der Waals surface area contributed by atoms with Gasteiger partial charge in [-0.1, -0.05) is 0 Å². The van der Waals surface area contributed by atoms with E-state index < -0.39 is 17.8 Å². The van der Waals surface area contributed by atoms with Crippen molar-refractivity contribution < 1.29 is 14.4 Å². The van der Waals surface area contributed by atoms with Crippen molar-refractivity contribution in [3.05, 3.63) is 35.7 Å². The Labute approximate surface area is 104 Å². The highest BCUT2D eigenvalue weighted by molar-refractivity contribution is 6.30. The van der Waals surface area contributed by atoms with Crippen LogP contribution in [0.25, 0.3) is 6.08 Å². The van der Waals surface area contributed by atoms with Crippen LogP contribution in [0.5, 0.6) is 0 Å². The number of barbiturate groups is 1. The molecule has 0 aromatic carbocycles. The monoisotopic (exact) mass is 245 g/mol. The summed E-state index contributed by atoms with van der Waals surface area (Å²) in [4.78, 5) is 40.9. The summed E-state index contributed by atoms with van der Waals surface area (Å²) in [5.41, 5.74) is 0.642. The zero-order chi connectivity index (χ0) is 13.3. The summed E-state index contributed by atoms with van der Waals surface area (Å²) >= 11 is 0. The van der Waals surface area contributed by atoms with E-state index in [0.29, 0.717) is 5.56 Å². The molecule has 1 saturated heterocycles. The van der Waals surface area contributed by atoms with Gasteiger partial charge < -0.3 is 0 Å². The number of hydrogen-bond donors (Lipinski definition) is 0. The molecule has 0 bridgehead atoms. The number of carbonyl (C=O) groups is 3. The van der Waals surface area contributed by atoms with Gasteiger partial charge in [0.15, 0.2) is 0 Å². The number of aromatic nitrogens is 1. The van der Waals surface area contributed by atoms with Crippen LogP contribution in [0.15, 0.2) is 30.1 Å². The van der Waals surface area contributed by atoms with E-state index in [1.807, 2.05) is 0 Å². The number of carbonyl (C=O) groups excluding carboxylic acids is 3. The predicted molar refractivity (Wildman–Crippen MR) is 63.2 cm³/mol. The number of rotatable bonds is 1. The summed E-state index contributed by atoms with van der Waals surface area (Å²) in [6, 6.07) is 2.71. The summed E-state index contributed by atoms with van der Waals surface area (Å²) in [6.45, 7) is 0. The Morgan fingerprint density at radius 3 is 2.00 bits per heavy atom. The van der Waals surface area contributed by atoms with Gasteiger partial charge in [0.05, 0.1) is 0 Å². The van der Waals surface area contributed by atoms with Gasteiger partial charge in [-0.15, -0.1) is 0 Å². The smallest absolute Gasteiger partial charge is 0.268 e. The highest BCUT2D eigenvalue weighted by Crippen LogP contribution is 2.17. The highest BCUT2D eigenvalue weighted by Gasteiger charge is 2.37. The van der Waals surface area contributed by atoms with Gasteiger partial charge >= 0.3 is 6.03 Å². The van der Waals surface area contributed by atoms with Gasteiger partial charge in [0, 0.05) is 26.5 Å². The molecule has 2 rings (SSSR count). The summed E-state index contributed by atoms with van der Waals surface area (Å²) < 4.78 is 0. The third-order valence-corrected chi connectivity index (χ3v) is 2.66. The van der Waals surface area contributed by atoms with Gasteiger partial charge in [0.2, 0.25) is 0 Å². The van der Waals surface area contributed by atoms with E-state index in [1.165, 1.54) is 20.2 Å². The van der Waals surface area contributed by atoms with E-state index in [4.69, 9.17) is 0 Å². The van der Waals surface area contributed by atoms with Crippen molar-refractivity contribution in [2.75, 3.05) is 14.1 Å². The van der Waals surface area contributed by atoms with Gasteiger partial charge in [-0.2, -0.15) is 0 Å². The SMILES string of the molecule is CN1C(=O)C(=Cc2ccncc2)C(=O)N(C)C1=O. The first-order chi connectivity index (χ1) is 8.52. The van der Waals surface area contributed by atoms with Crippen LogP contribution in [0.2, 0.25) is 0 Å². The number of nitrogens with zero attached hydrogens (tertiary/aromatic N) is 3. The molecule has 18 heavy (non-hydrogen) atoms. The van der Waals surface area contributed by atoms with Crippen molar-refractivity contribution in [3.63, 3.8) is 0 Å². The lowest BCUT2D eigenvalue weighted by Gasteiger charge is -2.28. The zero-order valence-corrected chi connectivity index (χ0v) is 9.95. The lowest BCUT2D eigenvalue weighted by molar-refractivity contribution is -0.134. The zero-order valence-electron chi connectivity index (χ0n) is 9.95. The Balaban J connectivity index is 2.44. The third kappa shape index (κ3) is 1.88. The largest absolute Gasteiger partial charge is 0.333 e. The molecule has 1 aromatic rings. The van der Waals surface area contributed by atoms with Crippen LogP contribution in [0.4, 0.5) is 4.79 Å². The van der Waals surface area contributed by atoms with Crippen LogP contribution >= 0.6 is 0 Å². The minimum absolute atomic E-state index is 0.0363. The molecule has 6 nitrogen and oxygen atoms in total. The van der Waals surface area contributed by atoms with Gasteiger partial charge in [0.1, 0.15) is 5.57 Å². The Morgan fingerprint density at radius 2 is 1.50 bits per heavy atom. The van der Waals surface area contributed by atoms with Gasteiger partial charge in [-0.05, 0) is 23.8 Å². The number of amides is 4. The minimum atomic E-state index is -0.628. The number of imide groups is 2. The van der Waals surface area contributed by atoms with Crippen molar-refractivity contribution in [3.8, 4) is 0 Å². The van der Waals surface area contributed by atoms with E-state index in [1.54, 1.807) is 24.5 Å². The summed E-state index contributed by atoms with van der Waals surface area (Å²) in [5.74, 6) is -1.19. The molecule has 1 fully saturated rings. The first-order valence-corrected chi connectivity index (χ1v) is 5.24. The second-order valence-electron chi connectivity index (χ2n) is 3.85. The highest BCUT2D eigenvalue weighted by atomic mass is 16.2. The van der Waals surface area contributed by atoms with E-state index in [2.05, 4.69) is 4.98 Å². The van der Waals surface area contributed by atoms with Crippen LogP contribution < -0.4 is 0 Å². The fourth-order valence-electron chi connectivity index (χ4n) is 1.60. The summed E-state index contributed by atoms with van der Waals surface area (Å²) in [5, 5.41) is 0. The third-order valence-electron chi connectivity index (χ3n) is 2.66. The quantitative estimate of drug-likeness (QED) is 0.534. The molecule has 1 aliphatic rings. The number of hydrogen-bond acceptors (Lipinski definition) is 4. The lowest BCUT2D eigenvalue weighted by atomic mass is 10.1. The summed E-state index contributed by atoms with van der Waals surface area (Å²) in [6.07, 6.45) is 4.57. The molecule has 0 aliphatic carbocycles. The Hall–Kier alpha value is -2.50. The normalized spacial score (nSPS) is 16.3. The fraction of sp³-hybridized carbons (Fsp3) is 0.167. The molecule has 0 atom stereocenters. The van der Waals surface area contributed by atoms with Crippen LogP contribution in [0.1, 0.15) is 5.56 Å². The Morgan fingerprint density at radius 1 is 1.00 bits per heavy atom. The van der Waals surface area contributed by atoms with Gasteiger partial charge in [0.25, 0.3) is 11.8 Å². The number of pyridine rings is 1. The first kappa shape index (κ1) is 12.0. The second-order valence-corrected chi connectivity index (χ2v) is 3.85. The molecular weight excluding hydrogens is 234 g/mol. The average molecular weight is 245 g/mol. The predicted octanol–water partition coefficient (Wildman–Crippen LogP) is 0.515. The molecule has 4 amide bonds. The first-order valence-electron chi connectivity index (χ1n) is 5.24. The molecule has 1 aromatic heterocycles. The maximum absolute atomic E-state index is 11.9. The van der Waals surface area contributed by atoms with Crippen LogP contribution in [0.3, 0.4) is 0 Å². The van der Waals surface area contributed by atoms with Gasteiger partial charge in [-0.3, -0.25) is 24.4 Å². The topological polar surface area (TPSA) is 70.6 Å². The molecule has 0 saturated carbocycles. The van der Waals surface area contributed by atoms with E-state index in [-0.39, 0.29) is 5.57 Å². The van der Waals surface area contributed by atoms with Crippen molar-refractivity contribution in [1.82, 2.24) is 14.8 Å². The Bertz CT molecular complexity index is 525. The fourth-order valence-corrected chi connectivity index (χ4v) is 1.60. The maximum atomic E-state index is 11.9. The van der Waals surface area contributed by atoms with E-state index in [0.717, 1.165) is 9.80 Å². The average Bonchev–Trinajstić information content (AvgIpc) is 2.40. The van der Waals surface area contributed by atoms with Gasteiger partial charge in [-0.25, -0.2) is 4.79 Å². The van der Waals surface area contributed by atoms with Crippen molar-refractivity contribution >= 4 is 23.9 Å². The molecule has 92 valence electrons. The molecule has 0 spiro atoms. The summed E-state index contributed by atoms with van der Waals surface area (Å²) in [7, 11) is 2.68. The number of urea groups is 1.